The summed E-state index contributed by atoms with van der Waals surface area (Å²) in [6, 6.07) is 6.45. The number of hydrogen-bond donors (Lipinski definition) is 1. The first kappa shape index (κ1) is 17.7. The van der Waals surface area contributed by atoms with Gasteiger partial charge in [0.05, 0.1) is 35.5 Å². The van der Waals surface area contributed by atoms with E-state index in [4.69, 9.17) is 39.6 Å². The van der Waals surface area contributed by atoms with Gasteiger partial charge in [0.15, 0.2) is 0 Å². The number of methoxy groups -OCH3 is 1. The van der Waals surface area contributed by atoms with E-state index in [0.29, 0.717) is 16.3 Å². The van der Waals surface area contributed by atoms with Crippen molar-refractivity contribution >= 4 is 38.8 Å². The lowest BCUT2D eigenvalue weighted by molar-refractivity contribution is 0.415. The summed E-state index contributed by atoms with van der Waals surface area (Å²) in [5.74, 6) is 0.149. The topological polar surface area (TPSA) is 96.4 Å². The predicted molar refractivity (Wildman–Crippen MR) is 84.6 cm³/mol. The van der Waals surface area contributed by atoms with E-state index in [9.17, 15) is 8.42 Å². The minimum atomic E-state index is -3.73. The van der Waals surface area contributed by atoms with Crippen LogP contribution in [-0.2, 0) is 15.8 Å². The number of halogens is 1. The van der Waals surface area contributed by atoms with Gasteiger partial charge in [-0.15, -0.1) is 0 Å². The first-order valence-corrected chi connectivity index (χ1v) is 8.15. The van der Waals surface area contributed by atoms with Crippen molar-refractivity contribution in [1.82, 2.24) is 4.31 Å². The van der Waals surface area contributed by atoms with Gasteiger partial charge in [0.25, 0.3) is 0 Å². The molecule has 0 bridgehead atoms. The molecule has 0 atom stereocenters. The van der Waals surface area contributed by atoms with Gasteiger partial charge < -0.3 is 10.5 Å². The average Bonchev–Trinajstić information content (AvgIpc) is 2.37. The third-order valence-corrected chi connectivity index (χ3v) is 4.71. The van der Waals surface area contributed by atoms with E-state index in [-0.39, 0.29) is 23.8 Å². The van der Waals surface area contributed by atoms with Crippen LogP contribution in [0.2, 0.25) is 5.02 Å². The molecule has 114 valence electrons. The smallest absolute Gasteiger partial charge is 0.219 e. The molecule has 9 heteroatoms. The van der Waals surface area contributed by atoms with Crippen LogP contribution in [0.3, 0.4) is 0 Å². The maximum Gasteiger partial charge on any atom is 0.219 e. The number of thiocarbonyl (C=S) groups is 1. The van der Waals surface area contributed by atoms with E-state index >= 15 is 0 Å². The highest BCUT2D eigenvalue weighted by Crippen LogP contribution is 2.26. The largest absolute Gasteiger partial charge is 0.495 e. The van der Waals surface area contributed by atoms with Crippen LogP contribution in [-0.4, -0.2) is 37.9 Å². The molecule has 0 aliphatic rings. The number of sulfonamides is 1. The second-order valence-electron chi connectivity index (χ2n) is 4.12. The van der Waals surface area contributed by atoms with Crippen LogP contribution in [0.15, 0.2) is 18.2 Å². The average molecular weight is 348 g/mol. The van der Waals surface area contributed by atoms with Gasteiger partial charge in [0, 0.05) is 0 Å². The van der Waals surface area contributed by atoms with Crippen LogP contribution >= 0.6 is 23.8 Å². The lowest BCUT2D eigenvalue weighted by Crippen LogP contribution is -2.38. The molecule has 0 heterocycles. The third kappa shape index (κ3) is 5.13. The number of nitrogens with two attached hydrogens (primary N) is 1. The molecular weight excluding hydrogens is 334 g/mol. The van der Waals surface area contributed by atoms with Crippen LogP contribution in [0.25, 0.3) is 0 Å². The minimum Gasteiger partial charge on any atom is -0.495 e. The van der Waals surface area contributed by atoms with E-state index < -0.39 is 10.0 Å². The van der Waals surface area contributed by atoms with Gasteiger partial charge in [-0.25, -0.2) is 8.42 Å². The SMILES string of the molecule is COc1ccc(CS(=O)(=O)N(CC#N)CC(N)=S)cc1Cl. The molecule has 2 N–H and O–H groups in total. The number of nitrogens with zero attached hydrogens (tertiary/aromatic N) is 2. The Hall–Kier alpha value is -1.40. The predicted octanol–water partition coefficient (Wildman–Crippen LogP) is 1.29. The fourth-order valence-corrected chi connectivity index (χ4v) is 3.50. The molecule has 0 aliphatic carbocycles. The van der Waals surface area contributed by atoms with Crippen LogP contribution in [0.4, 0.5) is 0 Å². The molecule has 21 heavy (non-hydrogen) atoms. The molecule has 0 radical (unpaired) electrons. The van der Waals surface area contributed by atoms with Crippen molar-refractivity contribution in [3.8, 4) is 11.8 Å². The van der Waals surface area contributed by atoms with Crippen molar-refractivity contribution in [3.05, 3.63) is 28.8 Å². The lowest BCUT2D eigenvalue weighted by atomic mass is 10.2. The first-order chi connectivity index (χ1) is 9.80. The Bertz CT molecular complexity index is 671. The molecule has 6 nitrogen and oxygen atoms in total. The normalized spacial score (nSPS) is 11.1. The number of rotatable bonds is 7. The Balaban J connectivity index is 2.99. The molecule has 1 aromatic rings. The van der Waals surface area contributed by atoms with Gasteiger partial charge in [0.2, 0.25) is 10.0 Å². The quantitative estimate of drug-likeness (QED) is 0.589. The summed E-state index contributed by atoms with van der Waals surface area (Å²) in [6.07, 6.45) is 0. The monoisotopic (exact) mass is 347 g/mol. The summed E-state index contributed by atoms with van der Waals surface area (Å²) in [5.41, 5.74) is 5.83. The minimum absolute atomic E-state index is 0.00147. The lowest BCUT2D eigenvalue weighted by Gasteiger charge is -2.18. The zero-order valence-electron chi connectivity index (χ0n) is 11.2. The Morgan fingerprint density at radius 3 is 2.71 bits per heavy atom. The highest BCUT2D eigenvalue weighted by atomic mass is 35.5. The van der Waals surface area contributed by atoms with Gasteiger partial charge >= 0.3 is 0 Å². The molecule has 0 saturated carbocycles. The van der Waals surface area contributed by atoms with Crippen molar-refractivity contribution in [3.63, 3.8) is 0 Å². The Kier molecular flexibility index (Phi) is 6.36. The van der Waals surface area contributed by atoms with E-state index in [1.54, 1.807) is 18.2 Å². The van der Waals surface area contributed by atoms with Crippen molar-refractivity contribution in [2.75, 3.05) is 20.2 Å². The molecule has 0 amide bonds. The number of ether oxygens (including phenoxy) is 1. The van der Waals surface area contributed by atoms with Gasteiger partial charge in [-0.05, 0) is 17.7 Å². The van der Waals surface area contributed by atoms with Crippen molar-refractivity contribution in [1.29, 1.82) is 5.26 Å². The maximum atomic E-state index is 12.3. The standard InChI is InChI=1S/C12H14ClN3O3S2/c1-19-11-3-2-9(6-10(11)13)8-21(17,18)16(5-4-14)7-12(15)20/h2-3,6H,5,7-8H2,1H3,(H2,15,20). The van der Waals surface area contributed by atoms with Crippen molar-refractivity contribution in [2.24, 2.45) is 5.73 Å². The van der Waals surface area contributed by atoms with Crippen molar-refractivity contribution in [2.45, 2.75) is 5.75 Å². The first-order valence-electron chi connectivity index (χ1n) is 5.75. The van der Waals surface area contributed by atoms with Crippen LogP contribution in [0.1, 0.15) is 5.56 Å². The van der Waals surface area contributed by atoms with E-state index in [0.717, 1.165) is 4.31 Å². The van der Waals surface area contributed by atoms with E-state index in [2.05, 4.69) is 0 Å². The summed E-state index contributed by atoms with van der Waals surface area (Å²) < 4.78 is 30.5. The summed E-state index contributed by atoms with van der Waals surface area (Å²) in [5, 5.41) is 9.03. The Morgan fingerprint density at radius 2 is 2.24 bits per heavy atom. The van der Waals surface area contributed by atoms with E-state index in [1.807, 2.05) is 0 Å². The molecule has 0 unspecified atom stereocenters. The second-order valence-corrected chi connectivity index (χ2v) is 7.02. The van der Waals surface area contributed by atoms with Crippen molar-refractivity contribution < 1.29 is 13.2 Å². The number of benzene rings is 1. The highest BCUT2D eigenvalue weighted by Gasteiger charge is 2.23. The fourth-order valence-electron chi connectivity index (χ4n) is 1.61. The van der Waals surface area contributed by atoms with Crippen LogP contribution in [0, 0.1) is 11.3 Å². The number of nitriles is 1. The fraction of sp³-hybridized carbons (Fsp3) is 0.333. The zero-order chi connectivity index (χ0) is 16.0. The number of hydrogen-bond acceptors (Lipinski definition) is 5. The molecule has 0 aromatic heterocycles. The summed E-state index contributed by atoms with van der Waals surface area (Å²) in [4.78, 5) is 0.00147. The molecule has 0 fully saturated rings. The maximum absolute atomic E-state index is 12.3. The van der Waals surface area contributed by atoms with Crippen LogP contribution in [0.5, 0.6) is 5.75 Å². The van der Waals surface area contributed by atoms with Gasteiger partial charge in [-0.3, -0.25) is 0 Å². The van der Waals surface area contributed by atoms with Gasteiger partial charge in [-0.1, -0.05) is 29.9 Å². The van der Waals surface area contributed by atoms with Crippen LogP contribution < -0.4 is 10.5 Å². The zero-order valence-corrected chi connectivity index (χ0v) is 13.6. The summed E-state index contributed by atoms with van der Waals surface area (Å²) in [7, 11) is -2.26. The molecule has 1 rings (SSSR count). The highest BCUT2D eigenvalue weighted by molar-refractivity contribution is 7.88. The summed E-state index contributed by atoms with van der Waals surface area (Å²) >= 11 is 10.7. The summed E-state index contributed by atoms with van der Waals surface area (Å²) in [6.45, 7) is -0.487. The molecule has 0 saturated heterocycles. The molecule has 1 aromatic carbocycles. The Morgan fingerprint density at radius 1 is 1.57 bits per heavy atom. The molecule has 0 spiro atoms. The third-order valence-electron chi connectivity index (χ3n) is 2.54. The van der Waals surface area contributed by atoms with E-state index in [1.165, 1.54) is 13.2 Å². The van der Waals surface area contributed by atoms with Gasteiger partial charge in [0.1, 0.15) is 12.3 Å². The Labute approximate surface area is 134 Å². The second kappa shape index (κ2) is 7.56. The molecule has 0 aliphatic heterocycles. The molecular formula is C12H14ClN3O3S2. The van der Waals surface area contributed by atoms with Gasteiger partial charge in [-0.2, -0.15) is 9.57 Å².